The fourth-order valence-electron chi connectivity index (χ4n) is 7.62. The molecule has 1 aromatic rings. The molecule has 33 heavy (non-hydrogen) atoms. The van der Waals surface area contributed by atoms with Crippen molar-refractivity contribution in [3.8, 4) is 22.3 Å². The minimum Gasteiger partial charge on any atom is -0.289 e. The molecule has 4 heteroatoms. The van der Waals surface area contributed by atoms with Crippen molar-refractivity contribution in [2.75, 3.05) is 0 Å². The van der Waals surface area contributed by atoms with Gasteiger partial charge in [0, 0.05) is 61.7 Å². The lowest BCUT2D eigenvalue weighted by molar-refractivity contribution is 0.784. The first-order valence-electron chi connectivity index (χ1n) is 11.9. The molecule has 0 aromatic heterocycles. The molecule has 0 N–H and O–H groups in total. The molecule has 7 aliphatic rings. The number of rotatable bonds is 0. The van der Waals surface area contributed by atoms with Crippen LogP contribution < -0.4 is 21.7 Å². The highest BCUT2D eigenvalue weighted by atomic mass is 16.1. The monoisotopic (exact) mass is 432 g/mol. The van der Waals surface area contributed by atoms with E-state index in [9.17, 15) is 19.2 Å². The number of benzene rings is 5. The van der Waals surface area contributed by atoms with E-state index >= 15 is 0 Å². The summed E-state index contributed by atoms with van der Waals surface area (Å²) < 4.78 is 0. The standard InChI is InChI=1S/C29H20O4/c1-10-12-5-3-7-14-18(12)22-20-16(28(14)32)9-17-21(20)23-19-13(6-4-8-15(19)29(17)33)11(2)27(31)25(23)24(22)26(10)30/h3-9H2,1-2H3. The Hall–Kier alpha value is -3.40. The molecule has 1 aromatic carbocycles. The third kappa shape index (κ3) is 1.72. The average Bonchev–Trinajstić information content (AvgIpc) is 3.23. The minimum absolute atomic E-state index is 0.0424. The van der Waals surface area contributed by atoms with Gasteiger partial charge in [0.05, 0.1) is 0 Å². The minimum atomic E-state index is -0.0827. The molecule has 0 radical (unpaired) electrons. The second-order valence-electron chi connectivity index (χ2n) is 10.3. The molecule has 0 unspecified atom stereocenters. The van der Waals surface area contributed by atoms with Crippen LogP contribution in [0.1, 0.15) is 57.3 Å². The quantitative estimate of drug-likeness (QED) is 0.272. The van der Waals surface area contributed by atoms with Gasteiger partial charge in [0.1, 0.15) is 0 Å². The Morgan fingerprint density at radius 1 is 0.424 bits per heavy atom. The molecule has 7 aliphatic carbocycles. The van der Waals surface area contributed by atoms with E-state index in [1.807, 2.05) is 13.8 Å². The summed E-state index contributed by atoms with van der Waals surface area (Å²) >= 11 is 0. The second kappa shape index (κ2) is 5.39. The lowest BCUT2D eigenvalue weighted by Gasteiger charge is -2.30. The molecule has 0 bridgehead atoms. The Balaban J connectivity index is 1.85. The van der Waals surface area contributed by atoms with Gasteiger partial charge in [-0.2, -0.15) is 0 Å². The van der Waals surface area contributed by atoms with Gasteiger partial charge in [-0.15, -0.1) is 0 Å². The Morgan fingerprint density at radius 2 is 0.818 bits per heavy atom. The number of fused-ring (bicyclic) bond motifs is 1. The van der Waals surface area contributed by atoms with Crippen LogP contribution in [0.2, 0.25) is 0 Å². The van der Waals surface area contributed by atoms with Gasteiger partial charge < -0.3 is 0 Å². The van der Waals surface area contributed by atoms with Crippen LogP contribution >= 0.6 is 0 Å². The summed E-state index contributed by atoms with van der Waals surface area (Å²) in [7, 11) is 0. The van der Waals surface area contributed by atoms with Crippen LogP contribution in [-0.2, 0) is 32.1 Å². The van der Waals surface area contributed by atoms with Crippen molar-refractivity contribution < 1.29 is 0 Å². The van der Waals surface area contributed by atoms with E-state index in [0.717, 1.165) is 81.0 Å². The summed E-state index contributed by atoms with van der Waals surface area (Å²) in [4.78, 5) is 55.2. The van der Waals surface area contributed by atoms with Gasteiger partial charge in [-0.25, -0.2) is 0 Å². The zero-order valence-corrected chi connectivity index (χ0v) is 18.6. The molecule has 8 rings (SSSR count). The van der Waals surface area contributed by atoms with E-state index in [-0.39, 0.29) is 21.7 Å². The molecule has 0 fully saturated rings. The van der Waals surface area contributed by atoms with Crippen LogP contribution in [0.25, 0.3) is 43.8 Å². The average molecular weight is 432 g/mol. The highest BCUT2D eigenvalue weighted by molar-refractivity contribution is 6.26. The van der Waals surface area contributed by atoms with Crippen molar-refractivity contribution in [3.63, 3.8) is 0 Å². The molecule has 0 saturated heterocycles. The Labute approximate surface area is 188 Å². The van der Waals surface area contributed by atoms with Crippen LogP contribution in [0.3, 0.4) is 0 Å². The van der Waals surface area contributed by atoms with E-state index in [4.69, 9.17) is 0 Å². The maximum atomic E-state index is 13.9. The Kier molecular flexibility index (Phi) is 2.95. The smallest absolute Gasteiger partial charge is 0.190 e. The summed E-state index contributed by atoms with van der Waals surface area (Å²) in [5, 5.41) is 2.56. The molecule has 0 atom stereocenters. The number of hydrogen-bond acceptors (Lipinski definition) is 4. The van der Waals surface area contributed by atoms with Crippen LogP contribution in [0, 0.1) is 13.8 Å². The first-order valence-corrected chi connectivity index (χ1v) is 11.9. The first-order chi connectivity index (χ1) is 15.9. The molecular weight excluding hydrogens is 412 g/mol. The van der Waals surface area contributed by atoms with Crippen molar-refractivity contribution >= 4 is 21.5 Å². The van der Waals surface area contributed by atoms with Gasteiger partial charge in [0.25, 0.3) is 0 Å². The van der Waals surface area contributed by atoms with E-state index in [1.165, 1.54) is 0 Å². The molecule has 160 valence electrons. The fraction of sp³-hybridized carbons (Fsp3) is 0.310. The zero-order chi connectivity index (χ0) is 22.5. The highest BCUT2D eigenvalue weighted by Gasteiger charge is 2.40. The molecular formula is C29H20O4. The third-order valence-electron chi connectivity index (χ3n) is 9.01. The summed E-state index contributed by atoms with van der Waals surface area (Å²) in [6, 6.07) is 0. The van der Waals surface area contributed by atoms with E-state index in [2.05, 4.69) is 0 Å². The van der Waals surface area contributed by atoms with Gasteiger partial charge in [0.15, 0.2) is 21.7 Å². The van der Waals surface area contributed by atoms with Crippen LogP contribution in [0.5, 0.6) is 0 Å². The molecule has 0 spiro atoms. The summed E-state index contributed by atoms with van der Waals surface area (Å²) in [6.07, 6.45) is 4.91. The van der Waals surface area contributed by atoms with Gasteiger partial charge >= 0.3 is 0 Å². The highest BCUT2D eigenvalue weighted by Crippen LogP contribution is 2.53. The van der Waals surface area contributed by atoms with Crippen LogP contribution in [0.4, 0.5) is 0 Å². The largest absolute Gasteiger partial charge is 0.289 e. The van der Waals surface area contributed by atoms with Crippen molar-refractivity contribution in [2.24, 2.45) is 0 Å². The summed E-state index contributed by atoms with van der Waals surface area (Å²) in [6.45, 7) is 3.69. The first kappa shape index (κ1) is 18.1. The van der Waals surface area contributed by atoms with E-state index < -0.39 is 0 Å². The van der Waals surface area contributed by atoms with Gasteiger partial charge in [-0.1, -0.05) is 0 Å². The van der Waals surface area contributed by atoms with E-state index in [0.29, 0.717) is 52.3 Å². The Morgan fingerprint density at radius 3 is 1.24 bits per heavy atom. The molecule has 0 aliphatic heterocycles. The Bertz CT molecular complexity index is 1790. The lowest BCUT2D eigenvalue weighted by atomic mass is 9.72. The maximum Gasteiger partial charge on any atom is 0.190 e. The summed E-state index contributed by atoms with van der Waals surface area (Å²) in [5.41, 5.74) is 9.44. The van der Waals surface area contributed by atoms with Crippen molar-refractivity contribution in [1.29, 1.82) is 0 Å². The normalized spacial score (nSPS) is 16.4. The lowest BCUT2D eigenvalue weighted by Crippen LogP contribution is -2.27. The molecule has 0 heterocycles. The van der Waals surface area contributed by atoms with E-state index in [1.54, 1.807) is 0 Å². The number of hydrogen-bond donors (Lipinski definition) is 0. The molecule has 4 nitrogen and oxygen atoms in total. The van der Waals surface area contributed by atoms with Crippen molar-refractivity contribution in [2.45, 2.75) is 58.8 Å². The maximum absolute atomic E-state index is 13.9. The molecule has 0 saturated carbocycles. The van der Waals surface area contributed by atoms with Crippen LogP contribution in [-0.4, -0.2) is 0 Å². The predicted octanol–water partition coefficient (Wildman–Crippen LogP) is 3.46. The van der Waals surface area contributed by atoms with Gasteiger partial charge in [0.2, 0.25) is 0 Å². The molecule has 0 amide bonds. The second-order valence-corrected chi connectivity index (χ2v) is 10.3. The van der Waals surface area contributed by atoms with Gasteiger partial charge in [-0.3, -0.25) is 19.2 Å². The summed E-state index contributed by atoms with van der Waals surface area (Å²) in [5.74, 6) is 0. The van der Waals surface area contributed by atoms with Crippen molar-refractivity contribution in [3.05, 3.63) is 85.4 Å². The fourth-order valence-corrected chi connectivity index (χ4v) is 7.62. The third-order valence-corrected chi connectivity index (χ3v) is 9.01. The predicted molar refractivity (Wildman–Crippen MR) is 130 cm³/mol. The van der Waals surface area contributed by atoms with Crippen molar-refractivity contribution in [1.82, 2.24) is 0 Å². The topological polar surface area (TPSA) is 68.3 Å². The zero-order valence-electron chi connectivity index (χ0n) is 18.6. The van der Waals surface area contributed by atoms with Gasteiger partial charge in [-0.05, 0) is 85.4 Å². The SMILES string of the molecule is Cc1c2c3c(c(=O)c4c5c-3c(c1=O)c1c3c5c(c(=O)c5c-3c(c(C)c1=O)CCC5)C4)CCC2. The van der Waals surface area contributed by atoms with Crippen LogP contribution in [0.15, 0.2) is 19.2 Å².